The van der Waals surface area contributed by atoms with Crippen LogP contribution in [0, 0.1) is 6.92 Å². The minimum absolute atomic E-state index is 0.527. The summed E-state index contributed by atoms with van der Waals surface area (Å²) in [7, 11) is 0. The summed E-state index contributed by atoms with van der Waals surface area (Å²) in [6.07, 6.45) is 0.908. The molecular weight excluding hydrogens is 140 g/mol. The van der Waals surface area contributed by atoms with Gasteiger partial charge in [0.2, 0.25) is 0 Å². The van der Waals surface area contributed by atoms with Crippen LogP contribution in [0.3, 0.4) is 0 Å². The third-order valence-electron chi connectivity index (χ3n) is 1.49. The first-order valence-corrected chi connectivity index (χ1v) is 3.79. The lowest BCUT2D eigenvalue weighted by Crippen LogP contribution is -2.24. The van der Waals surface area contributed by atoms with Crippen LogP contribution in [0.5, 0.6) is 0 Å². The van der Waals surface area contributed by atoms with Gasteiger partial charge >= 0.3 is 0 Å². The number of rotatable bonds is 4. The second kappa shape index (κ2) is 4.16. The quantitative estimate of drug-likeness (QED) is 0.494. The third-order valence-corrected chi connectivity index (χ3v) is 1.49. The number of hydrogen-bond acceptors (Lipinski definition) is 3. The van der Waals surface area contributed by atoms with Crippen LogP contribution in [0.4, 0.5) is 0 Å². The van der Waals surface area contributed by atoms with E-state index in [4.69, 9.17) is 10.2 Å². The smallest absolute Gasteiger partial charge is 0.105 e. The van der Waals surface area contributed by atoms with Crippen molar-refractivity contribution in [3.63, 3.8) is 0 Å². The monoisotopic (exact) mass is 154 g/mol. The lowest BCUT2D eigenvalue weighted by molar-refractivity contribution is 0.476. The summed E-state index contributed by atoms with van der Waals surface area (Å²) in [4.78, 5) is 0. The van der Waals surface area contributed by atoms with E-state index in [0.29, 0.717) is 6.67 Å². The van der Waals surface area contributed by atoms with Crippen LogP contribution in [0.25, 0.3) is 0 Å². The summed E-state index contributed by atoms with van der Waals surface area (Å²) in [5, 5.41) is 3.02. The number of nitrogens with one attached hydrogen (secondary N) is 1. The normalized spacial score (nSPS) is 10.4. The van der Waals surface area contributed by atoms with Crippen LogP contribution in [0.2, 0.25) is 0 Å². The van der Waals surface area contributed by atoms with Crippen molar-refractivity contribution in [1.82, 2.24) is 5.32 Å². The first kappa shape index (κ1) is 8.30. The van der Waals surface area contributed by atoms with E-state index < -0.39 is 0 Å². The molecule has 1 rings (SSSR count). The van der Waals surface area contributed by atoms with Gasteiger partial charge in [0.15, 0.2) is 0 Å². The lowest BCUT2D eigenvalue weighted by Gasteiger charge is -1.97. The molecule has 0 saturated carbocycles. The van der Waals surface area contributed by atoms with Gasteiger partial charge in [-0.15, -0.1) is 0 Å². The topological polar surface area (TPSA) is 51.2 Å². The number of furan rings is 1. The summed E-state index contributed by atoms with van der Waals surface area (Å²) in [5.41, 5.74) is 5.26. The summed E-state index contributed by atoms with van der Waals surface area (Å²) in [6.45, 7) is 3.35. The Morgan fingerprint density at radius 2 is 2.36 bits per heavy atom. The number of hydrogen-bond donors (Lipinski definition) is 2. The average Bonchev–Trinajstić information content (AvgIpc) is 2.37. The maximum absolute atomic E-state index is 5.35. The van der Waals surface area contributed by atoms with Gasteiger partial charge in [0.25, 0.3) is 0 Å². The van der Waals surface area contributed by atoms with E-state index in [1.54, 1.807) is 0 Å². The molecule has 0 fully saturated rings. The van der Waals surface area contributed by atoms with Crippen molar-refractivity contribution in [3.05, 3.63) is 23.7 Å². The van der Waals surface area contributed by atoms with Gasteiger partial charge in [-0.3, -0.25) is 0 Å². The highest BCUT2D eigenvalue weighted by Crippen LogP contribution is 2.05. The minimum atomic E-state index is 0.527. The molecule has 0 unspecified atom stereocenters. The van der Waals surface area contributed by atoms with Crippen LogP contribution < -0.4 is 11.1 Å². The van der Waals surface area contributed by atoms with Crippen LogP contribution in [-0.4, -0.2) is 13.2 Å². The van der Waals surface area contributed by atoms with E-state index in [1.165, 1.54) is 0 Å². The van der Waals surface area contributed by atoms with Gasteiger partial charge in [-0.05, 0) is 19.1 Å². The Labute approximate surface area is 66.6 Å². The molecule has 11 heavy (non-hydrogen) atoms. The molecule has 0 spiro atoms. The predicted octanol–water partition coefficient (Wildman–Crippen LogP) is 0.636. The second-order valence-electron chi connectivity index (χ2n) is 2.47. The van der Waals surface area contributed by atoms with Crippen molar-refractivity contribution in [2.45, 2.75) is 13.3 Å². The summed E-state index contributed by atoms with van der Waals surface area (Å²) >= 11 is 0. The zero-order chi connectivity index (χ0) is 8.10. The fourth-order valence-electron chi connectivity index (χ4n) is 0.933. The van der Waals surface area contributed by atoms with E-state index in [-0.39, 0.29) is 0 Å². The molecule has 0 aromatic carbocycles. The van der Waals surface area contributed by atoms with Crippen LogP contribution in [-0.2, 0) is 6.42 Å². The Morgan fingerprint density at radius 3 is 2.91 bits per heavy atom. The van der Waals surface area contributed by atoms with Crippen molar-refractivity contribution in [1.29, 1.82) is 0 Å². The molecule has 3 nitrogen and oxygen atoms in total. The van der Waals surface area contributed by atoms with Crippen molar-refractivity contribution < 1.29 is 4.42 Å². The Bertz CT molecular complexity index is 208. The Kier molecular flexibility index (Phi) is 3.14. The summed E-state index contributed by atoms with van der Waals surface area (Å²) in [5.74, 6) is 1.98. The molecule has 0 aliphatic rings. The largest absolute Gasteiger partial charge is 0.466 e. The van der Waals surface area contributed by atoms with E-state index in [0.717, 1.165) is 24.5 Å². The Morgan fingerprint density at radius 1 is 1.55 bits per heavy atom. The predicted molar refractivity (Wildman–Crippen MR) is 44.2 cm³/mol. The molecule has 0 atom stereocenters. The molecule has 62 valence electrons. The fraction of sp³-hybridized carbons (Fsp3) is 0.500. The molecule has 0 amide bonds. The van der Waals surface area contributed by atoms with Gasteiger partial charge in [0.05, 0.1) is 0 Å². The molecule has 1 aromatic heterocycles. The van der Waals surface area contributed by atoms with Gasteiger partial charge in [0, 0.05) is 19.6 Å². The highest BCUT2D eigenvalue weighted by Gasteiger charge is 1.96. The average molecular weight is 154 g/mol. The van der Waals surface area contributed by atoms with Crippen molar-refractivity contribution in [3.8, 4) is 0 Å². The van der Waals surface area contributed by atoms with E-state index >= 15 is 0 Å². The lowest BCUT2D eigenvalue weighted by atomic mass is 10.3. The first-order valence-electron chi connectivity index (χ1n) is 3.79. The molecule has 0 bridgehead atoms. The highest BCUT2D eigenvalue weighted by atomic mass is 16.3. The third kappa shape index (κ3) is 2.74. The SMILES string of the molecule is Cc1ccc(CCNCN)o1. The zero-order valence-corrected chi connectivity index (χ0v) is 6.76. The number of aryl methyl sites for hydroxylation is 1. The van der Waals surface area contributed by atoms with Gasteiger partial charge in [0.1, 0.15) is 11.5 Å². The van der Waals surface area contributed by atoms with E-state index in [9.17, 15) is 0 Å². The molecule has 1 heterocycles. The van der Waals surface area contributed by atoms with Gasteiger partial charge in [-0.1, -0.05) is 0 Å². The molecule has 0 radical (unpaired) electrons. The van der Waals surface area contributed by atoms with E-state index in [1.807, 2.05) is 19.1 Å². The van der Waals surface area contributed by atoms with Gasteiger partial charge in [-0.25, -0.2) is 0 Å². The van der Waals surface area contributed by atoms with Crippen molar-refractivity contribution in [2.75, 3.05) is 13.2 Å². The summed E-state index contributed by atoms with van der Waals surface area (Å²) in [6, 6.07) is 3.96. The summed E-state index contributed by atoms with van der Waals surface area (Å²) < 4.78 is 5.35. The van der Waals surface area contributed by atoms with Crippen LogP contribution >= 0.6 is 0 Å². The van der Waals surface area contributed by atoms with Gasteiger partial charge in [-0.2, -0.15) is 0 Å². The maximum Gasteiger partial charge on any atom is 0.105 e. The van der Waals surface area contributed by atoms with Crippen molar-refractivity contribution in [2.24, 2.45) is 5.73 Å². The fourth-order valence-corrected chi connectivity index (χ4v) is 0.933. The molecule has 0 aliphatic heterocycles. The molecule has 1 aromatic rings. The molecule has 0 saturated heterocycles. The van der Waals surface area contributed by atoms with E-state index in [2.05, 4.69) is 5.32 Å². The second-order valence-corrected chi connectivity index (χ2v) is 2.47. The first-order chi connectivity index (χ1) is 5.33. The number of nitrogens with two attached hydrogens (primary N) is 1. The molecule has 3 heteroatoms. The van der Waals surface area contributed by atoms with Gasteiger partial charge < -0.3 is 15.5 Å². The highest BCUT2D eigenvalue weighted by molar-refractivity contribution is 5.05. The Balaban J connectivity index is 2.27. The van der Waals surface area contributed by atoms with Crippen molar-refractivity contribution >= 4 is 0 Å². The molecule has 3 N–H and O–H groups in total. The molecule has 0 aliphatic carbocycles. The Hall–Kier alpha value is -0.800. The zero-order valence-electron chi connectivity index (χ0n) is 6.76. The van der Waals surface area contributed by atoms with Crippen LogP contribution in [0.15, 0.2) is 16.5 Å². The standard InChI is InChI=1S/C8H14N2O/c1-7-2-3-8(11-7)4-5-10-6-9/h2-3,10H,4-6,9H2,1H3. The molecular formula is C8H14N2O. The minimum Gasteiger partial charge on any atom is -0.466 e. The van der Waals surface area contributed by atoms with Crippen LogP contribution in [0.1, 0.15) is 11.5 Å². The maximum atomic E-state index is 5.35.